The fourth-order valence-electron chi connectivity index (χ4n) is 2.05. The zero-order valence-corrected chi connectivity index (χ0v) is 14.4. The van der Waals surface area contributed by atoms with E-state index in [1.54, 1.807) is 6.92 Å². The van der Waals surface area contributed by atoms with E-state index >= 15 is 0 Å². The van der Waals surface area contributed by atoms with Crippen molar-refractivity contribution < 1.29 is 22.9 Å². The number of anilines is 1. The third kappa shape index (κ3) is 5.01. The third-order valence-corrected chi connectivity index (χ3v) is 4.43. The summed E-state index contributed by atoms with van der Waals surface area (Å²) in [5.41, 5.74) is 0.836. The van der Waals surface area contributed by atoms with Gasteiger partial charge in [0.1, 0.15) is 5.75 Å². The number of carbonyl (C=O) groups excluding carboxylic acids is 1. The summed E-state index contributed by atoms with van der Waals surface area (Å²) in [5.74, 6) is -0.103. The molecular formula is C16H16N2O6S. The number of hydrogen-bond donors (Lipinski definition) is 1. The van der Waals surface area contributed by atoms with Crippen molar-refractivity contribution in [2.75, 3.05) is 18.2 Å². The van der Waals surface area contributed by atoms with Crippen LogP contribution in [0.1, 0.15) is 5.56 Å². The quantitative estimate of drug-likeness (QED) is 0.621. The SMILES string of the molecule is Cc1cc(OCC(=O)Nc2ccc(S(C)(=O)=O)cc2)ccc1[N+](=O)[O-]. The van der Waals surface area contributed by atoms with E-state index in [0.717, 1.165) is 6.26 Å². The maximum atomic E-state index is 11.9. The van der Waals surface area contributed by atoms with Gasteiger partial charge in [0.05, 0.1) is 9.82 Å². The number of amides is 1. The Morgan fingerprint density at radius 3 is 2.36 bits per heavy atom. The van der Waals surface area contributed by atoms with E-state index < -0.39 is 20.7 Å². The molecule has 0 aliphatic heterocycles. The first-order chi connectivity index (χ1) is 11.7. The van der Waals surface area contributed by atoms with Crippen LogP contribution in [0, 0.1) is 17.0 Å². The van der Waals surface area contributed by atoms with Crippen LogP contribution in [0.5, 0.6) is 5.75 Å². The Balaban J connectivity index is 1.95. The highest BCUT2D eigenvalue weighted by atomic mass is 32.2. The molecule has 0 aromatic heterocycles. The molecule has 2 rings (SSSR count). The highest BCUT2D eigenvalue weighted by Crippen LogP contribution is 2.23. The first kappa shape index (κ1) is 18.4. The number of nitrogens with zero attached hydrogens (tertiary/aromatic N) is 1. The van der Waals surface area contributed by atoms with Gasteiger partial charge in [0.15, 0.2) is 16.4 Å². The number of nitro groups is 1. The van der Waals surface area contributed by atoms with Gasteiger partial charge in [-0.25, -0.2) is 8.42 Å². The number of sulfone groups is 1. The minimum atomic E-state index is -3.29. The molecule has 2 aromatic rings. The lowest BCUT2D eigenvalue weighted by Gasteiger charge is -2.08. The number of hydrogen-bond acceptors (Lipinski definition) is 6. The lowest BCUT2D eigenvalue weighted by molar-refractivity contribution is -0.385. The standard InChI is InChI=1S/C16H16N2O6S/c1-11-9-13(5-8-15(11)18(20)21)24-10-16(19)17-12-3-6-14(7-4-12)25(2,22)23/h3-9H,10H2,1-2H3,(H,17,19). The maximum absolute atomic E-state index is 11.9. The number of ether oxygens (including phenoxy) is 1. The smallest absolute Gasteiger partial charge is 0.272 e. The molecule has 0 saturated carbocycles. The number of benzene rings is 2. The van der Waals surface area contributed by atoms with Gasteiger partial charge in [0, 0.05) is 23.6 Å². The van der Waals surface area contributed by atoms with E-state index in [9.17, 15) is 23.3 Å². The molecule has 0 saturated heterocycles. The molecule has 0 aliphatic rings. The molecule has 0 spiro atoms. The van der Waals surface area contributed by atoms with E-state index in [1.165, 1.54) is 42.5 Å². The van der Waals surface area contributed by atoms with Gasteiger partial charge in [-0.3, -0.25) is 14.9 Å². The highest BCUT2D eigenvalue weighted by molar-refractivity contribution is 7.90. The number of aryl methyl sites for hydroxylation is 1. The molecule has 1 amide bonds. The molecule has 0 atom stereocenters. The molecule has 0 bridgehead atoms. The minimum absolute atomic E-state index is 0.0252. The molecule has 0 unspecified atom stereocenters. The second kappa shape index (κ2) is 7.31. The molecule has 132 valence electrons. The first-order valence-corrected chi connectivity index (χ1v) is 9.04. The van der Waals surface area contributed by atoms with Crippen LogP contribution >= 0.6 is 0 Å². The lowest BCUT2D eigenvalue weighted by atomic mass is 10.2. The largest absolute Gasteiger partial charge is 0.484 e. The van der Waals surface area contributed by atoms with E-state index in [2.05, 4.69) is 5.32 Å². The topological polar surface area (TPSA) is 116 Å². The number of rotatable bonds is 6. The molecule has 0 aliphatic carbocycles. The molecule has 0 radical (unpaired) electrons. The van der Waals surface area contributed by atoms with Crippen LogP contribution in [0.15, 0.2) is 47.4 Å². The predicted molar refractivity (Wildman–Crippen MR) is 91.5 cm³/mol. The summed E-state index contributed by atoms with van der Waals surface area (Å²) in [4.78, 5) is 22.3. The highest BCUT2D eigenvalue weighted by Gasteiger charge is 2.12. The Morgan fingerprint density at radius 2 is 1.84 bits per heavy atom. The van der Waals surface area contributed by atoms with E-state index in [1.807, 2.05) is 0 Å². The van der Waals surface area contributed by atoms with Crippen molar-refractivity contribution in [1.82, 2.24) is 0 Å². The van der Waals surface area contributed by atoms with Gasteiger partial charge in [-0.1, -0.05) is 0 Å². The molecule has 2 aromatic carbocycles. The van der Waals surface area contributed by atoms with Gasteiger partial charge in [0.25, 0.3) is 11.6 Å². The second-order valence-corrected chi connectivity index (χ2v) is 7.35. The van der Waals surface area contributed by atoms with Crippen LogP contribution in [0.4, 0.5) is 11.4 Å². The summed E-state index contributed by atoms with van der Waals surface area (Å²) in [7, 11) is -3.29. The van der Waals surface area contributed by atoms with Gasteiger partial charge in [-0.2, -0.15) is 0 Å². The summed E-state index contributed by atoms with van der Waals surface area (Å²) >= 11 is 0. The molecule has 25 heavy (non-hydrogen) atoms. The van der Waals surface area contributed by atoms with Crippen molar-refractivity contribution in [1.29, 1.82) is 0 Å². The Labute approximate surface area is 144 Å². The third-order valence-electron chi connectivity index (χ3n) is 3.30. The maximum Gasteiger partial charge on any atom is 0.272 e. The molecule has 8 nitrogen and oxygen atoms in total. The Kier molecular flexibility index (Phi) is 5.38. The zero-order chi connectivity index (χ0) is 18.6. The van der Waals surface area contributed by atoms with Crippen LogP contribution < -0.4 is 10.1 Å². The van der Waals surface area contributed by atoms with E-state index in [4.69, 9.17) is 4.74 Å². The fourth-order valence-corrected chi connectivity index (χ4v) is 2.68. The number of carbonyl (C=O) groups is 1. The first-order valence-electron chi connectivity index (χ1n) is 7.14. The van der Waals surface area contributed by atoms with E-state index in [-0.39, 0.29) is 17.2 Å². The summed E-state index contributed by atoms with van der Waals surface area (Å²) in [6.07, 6.45) is 1.10. The summed E-state index contributed by atoms with van der Waals surface area (Å²) in [6.45, 7) is 1.29. The van der Waals surface area contributed by atoms with Crippen molar-refractivity contribution in [3.05, 3.63) is 58.1 Å². The van der Waals surface area contributed by atoms with E-state index in [0.29, 0.717) is 17.0 Å². The van der Waals surface area contributed by atoms with Crippen molar-refractivity contribution in [3.8, 4) is 5.75 Å². The van der Waals surface area contributed by atoms with Gasteiger partial charge in [0.2, 0.25) is 0 Å². The summed E-state index contributed by atoms with van der Waals surface area (Å²) < 4.78 is 28.0. The minimum Gasteiger partial charge on any atom is -0.484 e. The van der Waals surface area contributed by atoms with Crippen LogP contribution in [-0.4, -0.2) is 32.1 Å². The molecule has 9 heteroatoms. The molecule has 0 fully saturated rings. The summed E-state index contributed by atoms with van der Waals surface area (Å²) in [6, 6.07) is 9.95. The Hall–Kier alpha value is -2.94. The zero-order valence-electron chi connectivity index (χ0n) is 13.6. The predicted octanol–water partition coefficient (Wildman–Crippen LogP) is 2.32. The van der Waals surface area contributed by atoms with Crippen molar-refractivity contribution in [2.24, 2.45) is 0 Å². The van der Waals surface area contributed by atoms with Crippen molar-refractivity contribution in [3.63, 3.8) is 0 Å². The Morgan fingerprint density at radius 1 is 1.20 bits per heavy atom. The van der Waals surface area contributed by atoms with Crippen molar-refractivity contribution in [2.45, 2.75) is 11.8 Å². The van der Waals surface area contributed by atoms with Gasteiger partial charge < -0.3 is 10.1 Å². The van der Waals surface area contributed by atoms with Crippen molar-refractivity contribution >= 4 is 27.1 Å². The normalized spacial score (nSPS) is 11.0. The molecular weight excluding hydrogens is 348 g/mol. The average Bonchev–Trinajstić information content (AvgIpc) is 2.52. The van der Waals surface area contributed by atoms with Crippen LogP contribution in [0.2, 0.25) is 0 Å². The fraction of sp³-hybridized carbons (Fsp3) is 0.188. The molecule has 1 N–H and O–H groups in total. The monoisotopic (exact) mass is 364 g/mol. The summed E-state index contributed by atoms with van der Waals surface area (Å²) in [5, 5.41) is 13.3. The molecule has 0 heterocycles. The lowest BCUT2D eigenvalue weighted by Crippen LogP contribution is -2.20. The number of nitro benzene ring substituents is 1. The van der Waals surface area contributed by atoms with Gasteiger partial charge in [-0.15, -0.1) is 0 Å². The van der Waals surface area contributed by atoms with Gasteiger partial charge >= 0.3 is 0 Å². The van der Waals surface area contributed by atoms with Crippen LogP contribution in [0.25, 0.3) is 0 Å². The number of nitrogens with one attached hydrogen (secondary N) is 1. The van der Waals surface area contributed by atoms with Gasteiger partial charge in [-0.05, 0) is 43.3 Å². The second-order valence-electron chi connectivity index (χ2n) is 5.34. The average molecular weight is 364 g/mol. The van der Waals surface area contributed by atoms with Crippen LogP contribution in [-0.2, 0) is 14.6 Å². The van der Waals surface area contributed by atoms with Crippen LogP contribution in [0.3, 0.4) is 0 Å². The Bertz CT molecular complexity index is 907.